The average Bonchev–Trinajstić information content (AvgIpc) is 2.76. The molecule has 0 aliphatic heterocycles. The molecule has 0 saturated heterocycles. The minimum Gasteiger partial charge on any atom is -0.491 e. The highest BCUT2D eigenvalue weighted by atomic mass is 16.5. The zero-order valence-electron chi connectivity index (χ0n) is 14.5. The Hall–Kier alpha value is -2.01. The first-order valence-electron chi connectivity index (χ1n) is 7.95. The average molecular weight is 319 g/mol. The molecule has 23 heavy (non-hydrogen) atoms. The van der Waals surface area contributed by atoms with Crippen LogP contribution in [0.1, 0.15) is 36.8 Å². The van der Waals surface area contributed by atoms with Gasteiger partial charge in [0.15, 0.2) is 0 Å². The Balaban J connectivity index is 2.58. The van der Waals surface area contributed by atoms with Gasteiger partial charge in [0.05, 0.1) is 24.9 Å². The SMILES string of the molecule is CCOC(=O)c1c(C)n(CCOC)c2ccc(OC(C)C)cc12. The van der Waals surface area contributed by atoms with E-state index < -0.39 is 0 Å². The fraction of sp³-hybridized carbons (Fsp3) is 0.500. The third kappa shape index (κ3) is 3.67. The van der Waals surface area contributed by atoms with Gasteiger partial charge in [-0.05, 0) is 45.9 Å². The summed E-state index contributed by atoms with van der Waals surface area (Å²) in [6, 6.07) is 5.83. The number of hydrogen-bond donors (Lipinski definition) is 0. The summed E-state index contributed by atoms with van der Waals surface area (Å²) in [6.07, 6.45) is 0.0789. The van der Waals surface area contributed by atoms with Gasteiger partial charge in [-0.25, -0.2) is 4.79 Å². The van der Waals surface area contributed by atoms with E-state index in [4.69, 9.17) is 14.2 Å². The lowest BCUT2D eigenvalue weighted by molar-refractivity contribution is 0.0527. The van der Waals surface area contributed by atoms with Crippen LogP contribution in [0, 0.1) is 6.92 Å². The lowest BCUT2D eigenvalue weighted by Crippen LogP contribution is -2.09. The second-order valence-electron chi connectivity index (χ2n) is 5.67. The highest BCUT2D eigenvalue weighted by molar-refractivity contribution is 6.06. The minimum absolute atomic E-state index is 0.0789. The van der Waals surface area contributed by atoms with Gasteiger partial charge in [0, 0.05) is 30.3 Å². The standard InChI is InChI=1S/C18H25NO4/c1-6-22-18(20)17-13(4)19(9-10-21-5)16-8-7-14(11-15(16)17)23-12(2)3/h7-8,11-12H,6,9-10H2,1-5H3. The van der Waals surface area contributed by atoms with E-state index in [0.29, 0.717) is 25.3 Å². The maximum atomic E-state index is 12.4. The Bertz CT molecular complexity index is 688. The third-order valence-electron chi connectivity index (χ3n) is 3.67. The van der Waals surface area contributed by atoms with Crippen LogP contribution in [-0.2, 0) is 16.0 Å². The summed E-state index contributed by atoms with van der Waals surface area (Å²) in [5.74, 6) is 0.454. The van der Waals surface area contributed by atoms with E-state index in [2.05, 4.69) is 4.57 Å². The lowest BCUT2D eigenvalue weighted by atomic mass is 10.1. The van der Waals surface area contributed by atoms with Crippen molar-refractivity contribution in [1.82, 2.24) is 4.57 Å². The van der Waals surface area contributed by atoms with Crippen LogP contribution in [-0.4, -0.2) is 37.0 Å². The van der Waals surface area contributed by atoms with Crippen LogP contribution >= 0.6 is 0 Å². The summed E-state index contributed by atoms with van der Waals surface area (Å²) < 4.78 is 18.3. The molecule has 5 nitrogen and oxygen atoms in total. The molecular weight excluding hydrogens is 294 g/mol. The lowest BCUT2D eigenvalue weighted by Gasteiger charge is -2.10. The summed E-state index contributed by atoms with van der Waals surface area (Å²) in [7, 11) is 1.67. The molecule has 0 aliphatic rings. The van der Waals surface area contributed by atoms with Crippen LogP contribution in [0.4, 0.5) is 0 Å². The van der Waals surface area contributed by atoms with Gasteiger partial charge >= 0.3 is 5.97 Å². The number of nitrogens with zero attached hydrogens (tertiary/aromatic N) is 1. The van der Waals surface area contributed by atoms with Gasteiger partial charge in [0.25, 0.3) is 0 Å². The van der Waals surface area contributed by atoms with Crippen molar-refractivity contribution in [1.29, 1.82) is 0 Å². The van der Waals surface area contributed by atoms with Crippen molar-refractivity contribution in [2.75, 3.05) is 20.3 Å². The number of carbonyl (C=O) groups excluding carboxylic acids is 1. The zero-order valence-corrected chi connectivity index (χ0v) is 14.5. The maximum absolute atomic E-state index is 12.4. The second-order valence-corrected chi connectivity index (χ2v) is 5.67. The van der Waals surface area contributed by atoms with E-state index in [1.807, 2.05) is 45.9 Å². The quantitative estimate of drug-likeness (QED) is 0.732. The highest BCUT2D eigenvalue weighted by Crippen LogP contribution is 2.30. The number of methoxy groups -OCH3 is 1. The second kappa shape index (κ2) is 7.51. The van der Waals surface area contributed by atoms with Crippen LogP contribution in [0.5, 0.6) is 5.75 Å². The molecule has 0 unspecified atom stereocenters. The van der Waals surface area contributed by atoms with Gasteiger partial charge in [-0.3, -0.25) is 0 Å². The molecule has 0 amide bonds. The number of esters is 1. The molecule has 2 rings (SSSR count). The van der Waals surface area contributed by atoms with Crippen LogP contribution < -0.4 is 4.74 Å². The van der Waals surface area contributed by atoms with Crippen molar-refractivity contribution in [3.05, 3.63) is 29.5 Å². The summed E-state index contributed by atoms with van der Waals surface area (Å²) in [6.45, 7) is 9.32. The van der Waals surface area contributed by atoms with Crippen molar-refractivity contribution in [2.24, 2.45) is 0 Å². The van der Waals surface area contributed by atoms with Gasteiger partial charge in [-0.1, -0.05) is 0 Å². The molecule has 0 aliphatic carbocycles. The van der Waals surface area contributed by atoms with E-state index in [-0.39, 0.29) is 12.1 Å². The number of carbonyl (C=O) groups is 1. The van der Waals surface area contributed by atoms with E-state index in [9.17, 15) is 4.79 Å². The summed E-state index contributed by atoms with van der Waals surface area (Å²) >= 11 is 0. The predicted molar refractivity (Wildman–Crippen MR) is 90.3 cm³/mol. The van der Waals surface area contributed by atoms with Crippen molar-refractivity contribution in [3.63, 3.8) is 0 Å². The number of ether oxygens (including phenoxy) is 3. The minimum atomic E-state index is -0.298. The Morgan fingerprint density at radius 2 is 2.04 bits per heavy atom. The molecule has 0 bridgehead atoms. The van der Waals surface area contributed by atoms with E-state index >= 15 is 0 Å². The fourth-order valence-electron chi connectivity index (χ4n) is 2.74. The summed E-state index contributed by atoms with van der Waals surface area (Å²) in [5, 5.41) is 0.857. The van der Waals surface area contributed by atoms with Gasteiger partial charge in [0.1, 0.15) is 5.75 Å². The number of rotatable bonds is 7. The number of fused-ring (bicyclic) bond motifs is 1. The molecule has 0 spiro atoms. The van der Waals surface area contributed by atoms with Gasteiger partial charge in [-0.2, -0.15) is 0 Å². The monoisotopic (exact) mass is 319 g/mol. The molecule has 0 atom stereocenters. The molecule has 126 valence electrons. The van der Waals surface area contributed by atoms with Crippen LogP contribution in [0.3, 0.4) is 0 Å². The van der Waals surface area contributed by atoms with Crippen LogP contribution in [0.2, 0.25) is 0 Å². The largest absolute Gasteiger partial charge is 0.491 e. The fourth-order valence-corrected chi connectivity index (χ4v) is 2.74. The Labute approximate surface area is 137 Å². The van der Waals surface area contributed by atoms with Crippen LogP contribution in [0.25, 0.3) is 10.9 Å². The van der Waals surface area contributed by atoms with Gasteiger partial charge in [0.2, 0.25) is 0 Å². The Morgan fingerprint density at radius 1 is 1.30 bits per heavy atom. The summed E-state index contributed by atoms with van der Waals surface area (Å²) in [5.41, 5.74) is 2.48. The van der Waals surface area contributed by atoms with E-state index in [0.717, 1.165) is 22.3 Å². The van der Waals surface area contributed by atoms with Crippen molar-refractivity contribution < 1.29 is 19.0 Å². The van der Waals surface area contributed by atoms with E-state index in [1.165, 1.54) is 0 Å². The van der Waals surface area contributed by atoms with Crippen molar-refractivity contribution in [3.8, 4) is 5.75 Å². The van der Waals surface area contributed by atoms with Gasteiger partial charge < -0.3 is 18.8 Å². The van der Waals surface area contributed by atoms with Crippen LogP contribution in [0.15, 0.2) is 18.2 Å². The topological polar surface area (TPSA) is 49.7 Å². The van der Waals surface area contributed by atoms with Crippen molar-refractivity contribution >= 4 is 16.9 Å². The first-order chi connectivity index (χ1) is 11.0. The normalized spacial score (nSPS) is 11.2. The Kier molecular flexibility index (Phi) is 5.66. The molecule has 2 aromatic rings. The van der Waals surface area contributed by atoms with Crippen molar-refractivity contribution in [2.45, 2.75) is 40.3 Å². The maximum Gasteiger partial charge on any atom is 0.340 e. The summed E-state index contributed by atoms with van der Waals surface area (Å²) in [4.78, 5) is 12.4. The van der Waals surface area contributed by atoms with Gasteiger partial charge in [-0.15, -0.1) is 0 Å². The molecule has 0 radical (unpaired) electrons. The number of hydrogen-bond acceptors (Lipinski definition) is 4. The molecule has 0 saturated carbocycles. The number of aromatic nitrogens is 1. The molecule has 1 aromatic carbocycles. The molecule has 0 N–H and O–H groups in total. The molecule has 1 heterocycles. The third-order valence-corrected chi connectivity index (χ3v) is 3.67. The van der Waals surface area contributed by atoms with E-state index in [1.54, 1.807) is 7.11 Å². The predicted octanol–water partition coefficient (Wildman–Crippen LogP) is 3.56. The molecular formula is C18H25NO4. The first-order valence-corrected chi connectivity index (χ1v) is 7.95. The number of benzene rings is 1. The molecule has 1 aromatic heterocycles. The Morgan fingerprint density at radius 3 is 2.65 bits per heavy atom. The smallest absolute Gasteiger partial charge is 0.340 e. The molecule has 5 heteroatoms. The highest BCUT2D eigenvalue weighted by Gasteiger charge is 2.21. The molecule has 0 fully saturated rings. The first kappa shape index (κ1) is 17.3. The zero-order chi connectivity index (χ0) is 17.0.